The summed E-state index contributed by atoms with van der Waals surface area (Å²) in [5, 5.41) is 3.41. The van der Waals surface area contributed by atoms with Gasteiger partial charge in [-0.25, -0.2) is 0 Å². The van der Waals surface area contributed by atoms with Crippen molar-refractivity contribution in [3.8, 4) is 0 Å². The molecule has 1 aliphatic heterocycles. The lowest BCUT2D eigenvalue weighted by molar-refractivity contribution is -0.124. The Kier molecular flexibility index (Phi) is 2.96. The molecule has 0 spiro atoms. The molecular weight excluding hydrogens is 236 g/mol. The maximum atomic E-state index is 12.0. The molecule has 90 valence electrons. The van der Waals surface area contributed by atoms with Crippen molar-refractivity contribution in [2.75, 3.05) is 0 Å². The minimum Gasteiger partial charge on any atom is -0.308 e. The fourth-order valence-electron chi connectivity index (χ4n) is 1.72. The third kappa shape index (κ3) is 1.95. The van der Waals surface area contributed by atoms with E-state index in [1.807, 2.05) is 39.0 Å². The van der Waals surface area contributed by atoms with Gasteiger partial charge in [0.25, 0.3) is 5.91 Å². The molecule has 1 aliphatic rings. The zero-order chi connectivity index (χ0) is 12.6. The summed E-state index contributed by atoms with van der Waals surface area (Å²) in [4.78, 5) is 16.5. The number of halogens is 1. The molecule has 0 radical (unpaired) electrons. The Morgan fingerprint density at radius 3 is 2.53 bits per heavy atom. The second kappa shape index (κ2) is 4.15. The molecule has 1 unspecified atom stereocenters. The van der Waals surface area contributed by atoms with Crippen LogP contribution in [0.15, 0.2) is 29.3 Å². The highest BCUT2D eigenvalue weighted by Crippen LogP contribution is 2.28. The predicted molar refractivity (Wildman–Crippen MR) is 69.4 cm³/mol. The first-order valence-electron chi connectivity index (χ1n) is 5.61. The molecule has 1 N–H and O–H groups in total. The molecule has 1 heterocycles. The van der Waals surface area contributed by atoms with E-state index in [2.05, 4.69) is 10.3 Å². The van der Waals surface area contributed by atoms with Crippen molar-refractivity contribution in [1.29, 1.82) is 0 Å². The van der Waals surface area contributed by atoms with Crippen LogP contribution in [0.1, 0.15) is 26.3 Å². The van der Waals surface area contributed by atoms with Crippen LogP contribution in [-0.4, -0.2) is 17.3 Å². The van der Waals surface area contributed by atoms with Gasteiger partial charge in [-0.05, 0) is 25.0 Å². The van der Waals surface area contributed by atoms with Crippen LogP contribution in [-0.2, 0) is 4.79 Å². The topological polar surface area (TPSA) is 41.5 Å². The lowest BCUT2D eigenvalue weighted by Crippen LogP contribution is -2.41. The average Bonchev–Trinajstić information content (AvgIpc) is 2.57. The molecular formula is C13H15ClN2O. The van der Waals surface area contributed by atoms with E-state index in [9.17, 15) is 4.79 Å². The molecule has 17 heavy (non-hydrogen) atoms. The molecule has 1 aromatic carbocycles. The van der Waals surface area contributed by atoms with Gasteiger partial charge in [0.1, 0.15) is 11.4 Å². The van der Waals surface area contributed by atoms with Crippen LogP contribution < -0.4 is 5.32 Å². The van der Waals surface area contributed by atoms with Crippen molar-refractivity contribution in [3.05, 3.63) is 34.9 Å². The second-order valence-corrected chi connectivity index (χ2v) is 5.10. The van der Waals surface area contributed by atoms with Gasteiger partial charge >= 0.3 is 0 Å². The van der Waals surface area contributed by atoms with Crippen molar-refractivity contribution in [2.24, 2.45) is 10.9 Å². The number of benzene rings is 1. The van der Waals surface area contributed by atoms with E-state index in [0.29, 0.717) is 10.9 Å². The highest BCUT2D eigenvalue weighted by molar-refractivity contribution is 6.35. The molecule has 0 bridgehead atoms. The number of nitrogens with zero attached hydrogens (tertiary/aromatic N) is 1. The predicted octanol–water partition coefficient (Wildman–Crippen LogP) is 2.63. The highest BCUT2D eigenvalue weighted by Gasteiger charge is 2.42. The Balaban J connectivity index is 2.44. The molecule has 0 saturated heterocycles. The molecule has 0 aliphatic carbocycles. The van der Waals surface area contributed by atoms with Crippen molar-refractivity contribution < 1.29 is 4.79 Å². The fourth-order valence-corrected chi connectivity index (χ4v) is 1.94. The van der Waals surface area contributed by atoms with Gasteiger partial charge in [-0.1, -0.05) is 37.6 Å². The lowest BCUT2D eigenvalue weighted by atomic mass is 9.89. The van der Waals surface area contributed by atoms with Gasteiger partial charge in [-0.15, -0.1) is 0 Å². The number of hydrogen-bond acceptors (Lipinski definition) is 2. The SMILES string of the molecule is CC(C)C1(C)N=C(c2ccccc2Cl)NC1=O. The Labute approximate surface area is 106 Å². The van der Waals surface area contributed by atoms with Crippen molar-refractivity contribution in [1.82, 2.24) is 5.32 Å². The van der Waals surface area contributed by atoms with Crippen molar-refractivity contribution in [2.45, 2.75) is 26.3 Å². The molecule has 0 saturated carbocycles. The molecule has 2 rings (SSSR count). The maximum absolute atomic E-state index is 12.0. The smallest absolute Gasteiger partial charge is 0.253 e. The normalized spacial score (nSPS) is 23.8. The molecule has 3 nitrogen and oxygen atoms in total. The third-order valence-corrected chi connectivity index (χ3v) is 3.62. The summed E-state index contributed by atoms with van der Waals surface area (Å²) in [5.74, 6) is 0.640. The molecule has 1 aromatic rings. The van der Waals surface area contributed by atoms with Gasteiger partial charge in [0, 0.05) is 5.56 Å². The molecule has 0 aromatic heterocycles. The molecule has 1 atom stereocenters. The van der Waals surface area contributed by atoms with Gasteiger partial charge in [0.05, 0.1) is 5.02 Å². The summed E-state index contributed by atoms with van der Waals surface area (Å²) >= 11 is 6.09. The average molecular weight is 251 g/mol. The van der Waals surface area contributed by atoms with Crippen LogP contribution in [0.25, 0.3) is 0 Å². The molecule has 0 fully saturated rings. The Morgan fingerprint density at radius 1 is 1.35 bits per heavy atom. The van der Waals surface area contributed by atoms with E-state index in [1.165, 1.54) is 0 Å². The Hall–Kier alpha value is -1.35. The van der Waals surface area contributed by atoms with E-state index < -0.39 is 5.54 Å². The minimum atomic E-state index is -0.700. The highest BCUT2D eigenvalue weighted by atomic mass is 35.5. The van der Waals surface area contributed by atoms with Crippen LogP contribution in [0.3, 0.4) is 0 Å². The van der Waals surface area contributed by atoms with Crippen LogP contribution in [0.4, 0.5) is 0 Å². The first-order chi connectivity index (χ1) is 7.95. The van der Waals surface area contributed by atoms with Crippen LogP contribution in [0.2, 0.25) is 5.02 Å². The maximum Gasteiger partial charge on any atom is 0.253 e. The van der Waals surface area contributed by atoms with E-state index >= 15 is 0 Å². The number of aliphatic imine (C=N–C) groups is 1. The van der Waals surface area contributed by atoms with E-state index in [0.717, 1.165) is 5.56 Å². The van der Waals surface area contributed by atoms with Gasteiger partial charge in [0.2, 0.25) is 0 Å². The number of nitrogens with one attached hydrogen (secondary N) is 1. The molecule has 1 amide bonds. The van der Waals surface area contributed by atoms with Crippen molar-refractivity contribution >= 4 is 23.3 Å². The van der Waals surface area contributed by atoms with Crippen LogP contribution >= 0.6 is 11.6 Å². The van der Waals surface area contributed by atoms with Gasteiger partial charge in [0.15, 0.2) is 0 Å². The molecule has 4 heteroatoms. The number of amides is 1. The standard InChI is InChI=1S/C13H15ClN2O/c1-8(2)13(3)12(17)15-11(16-13)9-6-4-5-7-10(9)14/h4-8H,1-3H3,(H,15,16,17). The number of hydrogen-bond donors (Lipinski definition) is 1. The van der Waals surface area contributed by atoms with Crippen LogP contribution in [0, 0.1) is 5.92 Å². The van der Waals surface area contributed by atoms with E-state index in [1.54, 1.807) is 6.07 Å². The lowest BCUT2D eigenvalue weighted by Gasteiger charge is -2.21. The minimum absolute atomic E-state index is 0.0672. The second-order valence-electron chi connectivity index (χ2n) is 4.70. The summed E-state index contributed by atoms with van der Waals surface area (Å²) in [7, 11) is 0. The summed E-state index contributed by atoms with van der Waals surface area (Å²) in [6.07, 6.45) is 0. The third-order valence-electron chi connectivity index (χ3n) is 3.29. The fraction of sp³-hybridized carbons (Fsp3) is 0.385. The summed E-state index contributed by atoms with van der Waals surface area (Å²) in [6.45, 7) is 5.81. The summed E-state index contributed by atoms with van der Waals surface area (Å²) < 4.78 is 0. The van der Waals surface area contributed by atoms with E-state index in [4.69, 9.17) is 11.6 Å². The largest absolute Gasteiger partial charge is 0.308 e. The van der Waals surface area contributed by atoms with Crippen LogP contribution in [0.5, 0.6) is 0 Å². The van der Waals surface area contributed by atoms with Gasteiger partial charge < -0.3 is 5.32 Å². The first kappa shape index (κ1) is 12.1. The van der Waals surface area contributed by atoms with E-state index in [-0.39, 0.29) is 11.8 Å². The number of rotatable bonds is 2. The first-order valence-corrected chi connectivity index (χ1v) is 5.99. The Morgan fingerprint density at radius 2 is 2.00 bits per heavy atom. The summed E-state index contributed by atoms with van der Waals surface area (Å²) in [5.41, 5.74) is 0.0704. The quantitative estimate of drug-likeness (QED) is 0.861. The van der Waals surface area contributed by atoms with Crippen molar-refractivity contribution in [3.63, 3.8) is 0 Å². The monoisotopic (exact) mass is 250 g/mol. The number of amidine groups is 1. The summed E-state index contributed by atoms with van der Waals surface area (Å²) in [6, 6.07) is 7.37. The number of carbonyl (C=O) groups excluding carboxylic acids is 1. The zero-order valence-corrected chi connectivity index (χ0v) is 10.9. The Bertz CT molecular complexity index is 496. The van der Waals surface area contributed by atoms with Gasteiger partial charge in [-0.3, -0.25) is 9.79 Å². The zero-order valence-electron chi connectivity index (χ0n) is 10.1. The van der Waals surface area contributed by atoms with Gasteiger partial charge in [-0.2, -0.15) is 0 Å². The number of carbonyl (C=O) groups is 1.